The van der Waals surface area contributed by atoms with Crippen molar-refractivity contribution in [2.24, 2.45) is 0 Å². The van der Waals surface area contributed by atoms with Crippen molar-refractivity contribution < 1.29 is 9.18 Å². The number of Topliss-reactive ketones (excluding diaryl/α,β-unsaturated/α-hetero) is 1. The fourth-order valence-electron chi connectivity index (χ4n) is 1.38. The fraction of sp³-hybridized carbons (Fsp3) is 0.417. The smallest absolute Gasteiger partial charge is 0.163 e. The topological polar surface area (TPSA) is 17.1 Å². The van der Waals surface area contributed by atoms with Gasteiger partial charge in [0.25, 0.3) is 0 Å². The van der Waals surface area contributed by atoms with Crippen LogP contribution >= 0.6 is 0 Å². The number of benzene rings is 1. The van der Waals surface area contributed by atoms with Crippen molar-refractivity contribution in [3.05, 3.63) is 35.1 Å². The van der Waals surface area contributed by atoms with Gasteiger partial charge in [-0.05, 0) is 25.0 Å². The Morgan fingerprint density at radius 1 is 1.43 bits per heavy atom. The summed E-state index contributed by atoms with van der Waals surface area (Å²) in [5.74, 6) is -0.254. The molecule has 0 aliphatic heterocycles. The number of hydrogen-bond donors (Lipinski definition) is 0. The Morgan fingerprint density at radius 3 is 2.79 bits per heavy atom. The third kappa shape index (κ3) is 2.41. The van der Waals surface area contributed by atoms with E-state index in [0.717, 1.165) is 12.8 Å². The van der Waals surface area contributed by atoms with Gasteiger partial charge in [-0.15, -0.1) is 0 Å². The van der Waals surface area contributed by atoms with Crippen molar-refractivity contribution in [3.63, 3.8) is 0 Å². The predicted molar refractivity (Wildman–Crippen MR) is 55.0 cm³/mol. The minimum absolute atomic E-state index is 0.0452. The summed E-state index contributed by atoms with van der Waals surface area (Å²) in [6, 6.07) is 4.66. The van der Waals surface area contributed by atoms with E-state index in [1.165, 1.54) is 6.07 Å². The number of hydrogen-bond acceptors (Lipinski definition) is 1. The Hall–Kier alpha value is -1.18. The molecule has 0 aromatic heterocycles. The van der Waals surface area contributed by atoms with Crippen LogP contribution in [0.3, 0.4) is 0 Å². The predicted octanol–water partition coefficient (Wildman–Crippen LogP) is 3.51. The van der Waals surface area contributed by atoms with E-state index in [4.69, 9.17) is 0 Å². The highest BCUT2D eigenvalue weighted by molar-refractivity contribution is 5.97. The zero-order valence-electron chi connectivity index (χ0n) is 8.64. The minimum Gasteiger partial charge on any atom is -0.294 e. The van der Waals surface area contributed by atoms with Gasteiger partial charge in [0, 0.05) is 12.0 Å². The van der Waals surface area contributed by atoms with Crippen LogP contribution in [0.2, 0.25) is 0 Å². The van der Waals surface area contributed by atoms with Crippen molar-refractivity contribution in [2.75, 3.05) is 0 Å². The van der Waals surface area contributed by atoms with Crippen LogP contribution in [0.4, 0.5) is 4.39 Å². The van der Waals surface area contributed by atoms with Crippen LogP contribution in [-0.2, 0) is 0 Å². The Balaban J connectivity index is 2.84. The van der Waals surface area contributed by atoms with Crippen LogP contribution in [-0.4, -0.2) is 5.78 Å². The van der Waals surface area contributed by atoms with Crippen LogP contribution in [0.15, 0.2) is 18.2 Å². The van der Waals surface area contributed by atoms with Crippen molar-refractivity contribution >= 4 is 5.78 Å². The summed E-state index contributed by atoms with van der Waals surface area (Å²) in [6.07, 6.45) is 2.37. The van der Waals surface area contributed by atoms with E-state index in [2.05, 4.69) is 0 Å². The third-order valence-corrected chi connectivity index (χ3v) is 2.33. The molecule has 1 rings (SSSR count). The van der Waals surface area contributed by atoms with Gasteiger partial charge in [0.2, 0.25) is 0 Å². The zero-order chi connectivity index (χ0) is 10.6. The van der Waals surface area contributed by atoms with Gasteiger partial charge in [-0.2, -0.15) is 0 Å². The molecule has 0 aliphatic carbocycles. The highest BCUT2D eigenvalue weighted by atomic mass is 19.1. The average Bonchev–Trinajstić information content (AvgIpc) is 2.18. The normalized spacial score (nSPS) is 10.2. The van der Waals surface area contributed by atoms with Crippen LogP contribution in [0.25, 0.3) is 0 Å². The lowest BCUT2D eigenvalue weighted by molar-refractivity contribution is 0.0978. The first-order valence-corrected chi connectivity index (χ1v) is 4.95. The molecule has 1 aromatic rings. The molecular formula is C12H15FO. The van der Waals surface area contributed by atoms with Gasteiger partial charge in [0.1, 0.15) is 5.82 Å². The lowest BCUT2D eigenvalue weighted by Gasteiger charge is -2.04. The van der Waals surface area contributed by atoms with E-state index in [1.807, 2.05) is 6.92 Å². The number of ketones is 1. The first kappa shape index (κ1) is 10.9. The zero-order valence-corrected chi connectivity index (χ0v) is 8.64. The molecule has 1 nitrogen and oxygen atoms in total. The molecule has 0 amide bonds. The highest BCUT2D eigenvalue weighted by Crippen LogP contribution is 2.15. The summed E-state index contributed by atoms with van der Waals surface area (Å²) < 4.78 is 13.1. The number of rotatable bonds is 4. The largest absolute Gasteiger partial charge is 0.294 e. The number of halogens is 1. The highest BCUT2D eigenvalue weighted by Gasteiger charge is 2.10. The molecule has 0 unspecified atom stereocenters. The molecule has 0 bridgehead atoms. The van der Waals surface area contributed by atoms with Crippen molar-refractivity contribution in [2.45, 2.75) is 33.1 Å². The molecule has 76 valence electrons. The van der Waals surface area contributed by atoms with E-state index in [1.54, 1.807) is 19.1 Å². The maximum atomic E-state index is 13.1. The van der Waals surface area contributed by atoms with E-state index >= 15 is 0 Å². The van der Waals surface area contributed by atoms with Crippen LogP contribution in [0.1, 0.15) is 42.1 Å². The fourth-order valence-corrected chi connectivity index (χ4v) is 1.38. The van der Waals surface area contributed by atoms with E-state index in [9.17, 15) is 9.18 Å². The molecule has 0 aliphatic rings. The number of carbonyl (C=O) groups excluding carboxylic acids is 1. The summed E-state index contributed by atoms with van der Waals surface area (Å²) in [7, 11) is 0. The molecule has 0 fully saturated rings. The standard InChI is InChI=1S/C12H15FO/c1-3-4-8-12(14)10-6-5-7-11(13)9(10)2/h5-7H,3-4,8H2,1-2H3. The monoisotopic (exact) mass is 194 g/mol. The first-order chi connectivity index (χ1) is 6.66. The van der Waals surface area contributed by atoms with E-state index < -0.39 is 0 Å². The van der Waals surface area contributed by atoms with Crippen LogP contribution in [0, 0.1) is 12.7 Å². The quantitative estimate of drug-likeness (QED) is 0.670. The first-order valence-electron chi connectivity index (χ1n) is 4.95. The Morgan fingerprint density at radius 2 is 2.14 bits per heavy atom. The van der Waals surface area contributed by atoms with Crippen molar-refractivity contribution in [3.8, 4) is 0 Å². The summed E-state index contributed by atoms with van der Waals surface area (Å²) in [5, 5.41) is 0. The SMILES string of the molecule is CCCCC(=O)c1cccc(F)c1C. The number of carbonyl (C=O) groups is 1. The van der Waals surface area contributed by atoms with Gasteiger partial charge in [0.15, 0.2) is 5.78 Å². The minimum atomic E-state index is -0.299. The van der Waals surface area contributed by atoms with Gasteiger partial charge in [-0.1, -0.05) is 25.5 Å². The van der Waals surface area contributed by atoms with Crippen molar-refractivity contribution in [1.29, 1.82) is 0 Å². The van der Waals surface area contributed by atoms with Gasteiger partial charge in [-0.3, -0.25) is 4.79 Å². The molecule has 14 heavy (non-hydrogen) atoms. The molecule has 1 aromatic carbocycles. The average molecular weight is 194 g/mol. The number of unbranched alkanes of at least 4 members (excludes halogenated alkanes) is 1. The maximum Gasteiger partial charge on any atom is 0.163 e. The summed E-state index contributed by atoms with van der Waals surface area (Å²) in [6.45, 7) is 3.68. The third-order valence-electron chi connectivity index (χ3n) is 2.33. The summed E-state index contributed by atoms with van der Waals surface area (Å²) >= 11 is 0. The molecule has 2 heteroatoms. The van der Waals surface area contributed by atoms with Gasteiger partial charge >= 0.3 is 0 Å². The van der Waals surface area contributed by atoms with E-state index in [0.29, 0.717) is 17.5 Å². The summed E-state index contributed by atoms with van der Waals surface area (Å²) in [4.78, 5) is 11.6. The second kappa shape index (κ2) is 4.89. The lowest BCUT2D eigenvalue weighted by Crippen LogP contribution is -2.02. The van der Waals surface area contributed by atoms with Gasteiger partial charge in [0.05, 0.1) is 0 Å². The lowest BCUT2D eigenvalue weighted by atomic mass is 10.0. The molecular weight excluding hydrogens is 179 g/mol. The molecule has 0 radical (unpaired) electrons. The molecule has 0 heterocycles. The Labute approximate surface area is 83.9 Å². The molecule has 0 N–H and O–H groups in total. The van der Waals surface area contributed by atoms with Crippen LogP contribution in [0.5, 0.6) is 0 Å². The van der Waals surface area contributed by atoms with Crippen molar-refractivity contribution in [1.82, 2.24) is 0 Å². The molecule has 0 atom stereocenters. The van der Waals surface area contributed by atoms with Gasteiger partial charge < -0.3 is 0 Å². The Kier molecular flexibility index (Phi) is 3.81. The van der Waals surface area contributed by atoms with E-state index in [-0.39, 0.29) is 11.6 Å². The molecule has 0 spiro atoms. The molecule has 0 saturated carbocycles. The second-order valence-electron chi connectivity index (χ2n) is 3.44. The Bertz CT molecular complexity index is 331. The molecule has 0 saturated heterocycles. The van der Waals surface area contributed by atoms with Gasteiger partial charge in [-0.25, -0.2) is 4.39 Å². The summed E-state index contributed by atoms with van der Waals surface area (Å²) in [5.41, 5.74) is 0.993. The second-order valence-corrected chi connectivity index (χ2v) is 3.44. The maximum absolute atomic E-state index is 13.1. The van der Waals surface area contributed by atoms with Crippen LogP contribution < -0.4 is 0 Å².